The van der Waals surface area contributed by atoms with Crippen LogP contribution in [0.4, 0.5) is 0 Å². The van der Waals surface area contributed by atoms with Crippen LogP contribution in [0, 0.1) is 6.57 Å². The van der Waals surface area contributed by atoms with E-state index in [1.165, 1.54) is 0 Å². The van der Waals surface area contributed by atoms with Crippen LogP contribution in [-0.4, -0.2) is 18.2 Å². The Hall–Kier alpha value is -0.620. The summed E-state index contributed by atoms with van der Waals surface area (Å²) in [5, 5.41) is 0.391. The molecule has 0 bridgehead atoms. The van der Waals surface area contributed by atoms with Gasteiger partial charge in [0.15, 0.2) is 0 Å². The predicted molar refractivity (Wildman–Crippen MR) is 35.7 cm³/mol. The molecule has 0 aromatic heterocycles. The van der Waals surface area contributed by atoms with Crippen LogP contribution < -0.4 is 0 Å². The minimum Gasteiger partial charge on any atom is -0.481 e. The molecule has 0 N–H and O–H groups in total. The molecular formula is C5H7NOS. The largest absolute Gasteiger partial charge is 0.481 e. The molecule has 0 spiro atoms. The third-order valence-electron chi connectivity index (χ3n) is 0.513. The van der Waals surface area contributed by atoms with E-state index in [4.69, 9.17) is 11.3 Å². The van der Waals surface area contributed by atoms with Crippen molar-refractivity contribution in [2.75, 3.05) is 13.2 Å². The Bertz CT molecular complexity index is 116. The Balaban J connectivity index is 3.23. The lowest BCUT2D eigenvalue weighted by molar-refractivity contribution is 0.333. The van der Waals surface area contributed by atoms with Gasteiger partial charge in [0.05, 0.1) is 6.61 Å². The van der Waals surface area contributed by atoms with E-state index < -0.39 is 0 Å². The van der Waals surface area contributed by atoms with Gasteiger partial charge in [0.25, 0.3) is 6.54 Å². The molecule has 0 saturated heterocycles. The first-order valence-corrected chi connectivity index (χ1v) is 2.71. The third kappa shape index (κ3) is 3.57. The molecule has 2 nitrogen and oxygen atoms in total. The second-order valence-corrected chi connectivity index (χ2v) is 1.58. The number of ether oxygens (including phenoxy) is 1. The van der Waals surface area contributed by atoms with Gasteiger partial charge in [-0.25, -0.2) is 6.57 Å². The number of rotatable bonds is 2. The van der Waals surface area contributed by atoms with E-state index >= 15 is 0 Å². The molecule has 0 aliphatic heterocycles. The molecule has 0 radical (unpaired) electrons. The molecule has 0 saturated carbocycles. The Kier molecular flexibility index (Phi) is 4.19. The topological polar surface area (TPSA) is 13.6 Å². The summed E-state index contributed by atoms with van der Waals surface area (Å²) in [6.07, 6.45) is 0. The maximum Gasteiger partial charge on any atom is 0.281 e. The van der Waals surface area contributed by atoms with Crippen molar-refractivity contribution in [3.8, 4) is 0 Å². The summed E-state index contributed by atoms with van der Waals surface area (Å²) in [6.45, 7) is 8.99. The number of thiocarbonyl (C=S) groups is 1. The highest BCUT2D eigenvalue weighted by Gasteiger charge is 1.94. The van der Waals surface area contributed by atoms with E-state index in [2.05, 4.69) is 17.1 Å². The minimum absolute atomic E-state index is 0.211. The Morgan fingerprint density at radius 2 is 2.50 bits per heavy atom. The summed E-state index contributed by atoms with van der Waals surface area (Å²) in [4.78, 5) is 3.04. The monoisotopic (exact) mass is 129 g/mol. The highest BCUT2D eigenvalue weighted by molar-refractivity contribution is 7.80. The first-order chi connectivity index (χ1) is 3.81. The van der Waals surface area contributed by atoms with Crippen molar-refractivity contribution in [1.82, 2.24) is 0 Å². The van der Waals surface area contributed by atoms with Gasteiger partial charge >= 0.3 is 0 Å². The van der Waals surface area contributed by atoms with Crippen molar-refractivity contribution in [2.45, 2.75) is 6.92 Å². The second kappa shape index (κ2) is 4.54. The highest BCUT2D eigenvalue weighted by Crippen LogP contribution is 1.81. The third-order valence-corrected chi connectivity index (χ3v) is 0.760. The summed E-state index contributed by atoms with van der Waals surface area (Å²) in [5.41, 5.74) is 0. The normalized spacial score (nSPS) is 7.50. The Morgan fingerprint density at radius 3 is 2.88 bits per heavy atom. The van der Waals surface area contributed by atoms with Gasteiger partial charge in [0, 0.05) is 0 Å². The lowest BCUT2D eigenvalue weighted by Crippen LogP contribution is -2.02. The van der Waals surface area contributed by atoms with Gasteiger partial charge in [-0.3, -0.25) is 0 Å². The Labute approximate surface area is 54.3 Å². The molecule has 0 amide bonds. The van der Waals surface area contributed by atoms with Gasteiger partial charge in [-0.05, 0) is 19.1 Å². The summed E-state index contributed by atoms with van der Waals surface area (Å²) in [5.74, 6) is 0. The van der Waals surface area contributed by atoms with Crippen molar-refractivity contribution in [3.63, 3.8) is 0 Å². The molecule has 0 fully saturated rings. The molecule has 0 atom stereocenters. The first-order valence-electron chi connectivity index (χ1n) is 2.30. The van der Waals surface area contributed by atoms with Crippen LogP contribution in [0.2, 0.25) is 0 Å². The van der Waals surface area contributed by atoms with Crippen molar-refractivity contribution >= 4 is 17.3 Å². The van der Waals surface area contributed by atoms with Crippen LogP contribution in [0.3, 0.4) is 0 Å². The van der Waals surface area contributed by atoms with Crippen LogP contribution in [-0.2, 0) is 4.74 Å². The summed E-state index contributed by atoms with van der Waals surface area (Å²) < 4.78 is 4.80. The molecule has 0 aliphatic rings. The first kappa shape index (κ1) is 7.38. The summed E-state index contributed by atoms with van der Waals surface area (Å²) in [7, 11) is 0. The fourth-order valence-corrected chi connectivity index (χ4v) is 0.454. The van der Waals surface area contributed by atoms with Crippen molar-refractivity contribution < 1.29 is 4.74 Å². The fraction of sp³-hybridized carbons (Fsp3) is 0.600. The fourth-order valence-electron chi connectivity index (χ4n) is 0.271. The van der Waals surface area contributed by atoms with Gasteiger partial charge in [-0.15, -0.1) is 0 Å². The zero-order chi connectivity index (χ0) is 6.41. The highest BCUT2D eigenvalue weighted by atomic mass is 32.1. The lowest BCUT2D eigenvalue weighted by Gasteiger charge is -1.94. The molecule has 0 heterocycles. The molecule has 44 valence electrons. The van der Waals surface area contributed by atoms with E-state index in [9.17, 15) is 0 Å². The quantitative estimate of drug-likeness (QED) is 0.411. The van der Waals surface area contributed by atoms with Crippen LogP contribution in [0.25, 0.3) is 4.85 Å². The zero-order valence-electron chi connectivity index (χ0n) is 4.68. The lowest BCUT2D eigenvalue weighted by atomic mass is 10.7. The van der Waals surface area contributed by atoms with Crippen molar-refractivity contribution in [1.29, 1.82) is 0 Å². The van der Waals surface area contributed by atoms with Crippen LogP contribution in [0.1, 0.15) is 6.92 Å². The number of hydrogen-bond acceptors (Lipinski definition) is 2. The van der Waals surface area contributed by atoms with Crippen LogP contribution >= 0.6 is 12.2 Å². The van der Waals surface area contributed by atoms with E-state index in [0.29, 0.717) is 11.7 Å². The molecule has 0 aromatic carbocycles. The van der Waals surface area contributed by atoms with E-state index in [-0.39, 0.29) is 6.54 Å². The molecule has 0 aromatic rings. The van der Waals surface area contributed by atoms with Gasteiger partial charge < -0.3 is 9.58 Å². The molecule has 8 heavy (non-hydrogen) atoms. The molecule has 0 unspecified atom stereocenters. The minimum atomic E-state index is 0.211. The second-order valence-electron chi connectivity index (χ2n) is 1.12. The van der Waals surface area contributed by atoms with E-state index in [0.717, 1.165) is 0 Å². The van der Waals surface area contributed by atoms with Gasteiger partial charge in [-0.2, -0.15) is 0 Å². The SMILES string of the molecule is [C-]#[N+]CC(=S)OCC. The van der Waals surface area contributed by atoms with Gasteiger partial charge in [-0.1, -0.05) is 0 Å². The van der Waals surface area contributed by atoms with E-state index in [1.807, 2.05) is 6.92 Å². The molecule has 0 rings (SSSR count). The number of hydrogen-bond donors (Lipinski definition) is 0. The van der Waals surface area contributed by atoms with Crippen LogP contribution in [0.15, 0.2) is 0 Å². The summed E-state index contributed by atoms with van der Waals surface area (Å²) in [6, 6.07) is 0. The van der Waals surface area contributed by atoms with Crippen molar-refractivity contribution in [2.24, 2.45) is 0 Å². The van der Waals surface area contributed by atoms with Crippen molar-refractivity contribution in [3.05, 3.63) is 11.4 Å². The van der Waals surface area contributed by atoms with E-state index in [1.54, 1.807) is 0 Å². The molecular weight excluding hydrogens is 122 g/mol. The predicted octanol–water partition coefficient (Wildman–Crippen LogP) is 1.27. The Morgan fingerprint density at radius 1 is 1.88 bits per heavy atom. The molecule has 0 aliphatic carbocycles. The van der Waals surface area contributed by atoms with Gasteiger partial charge in [0.2, 0.25) is 5.05 Å². The smallest absolute Gasteiger partial charge is 0.281 e. The zero-order valence-corrected chi connectivity index (χ0v) is 5.49. The van der Waals surface area contributed by atoms with Crippen LogP contribution in [0.5, 0.6) is 0 Å². The summed E-state index contributed by atoms with van der Waals surface area (Å²) >= 11 is 4.62. The number of nitrogens with zero attached hydrogens (tertiary/aromatic N) is 1. The van der Waals surface area contributed by atoms with Gasteiger partial charge in [0.1, 0.15) is 0 Å². The molecule has 3 heteroatoms. The maximum atomic E-state index is 6.37. The maximum absolute atomic E-state index is 6.37. The average Bonchev–Trinajstić information content (AvgIpc) is 1.68. The average molecular weight is 129 g/mol. The standard InChI is InChI=1S/C5H7NOS/c1-3-7-5(8)4-6-2/h3-4H2,1H3.